The summed E-state index contributed by atoms with van der Waals surface area (Å²) in [6, 6.07) is 3.32. The van der Waals surface area contributed by atoms with E-state index in [1.54, 1.807) is 25.4 Å². The van der Waals surface area contributed by atoms with Crippen LogP contribution in [0.25, 0.3) is 0 Å². The Kier molecular flexibility index (Phi) is 8.44. The number of methoxy groups -OCH3 is 1. The molecule has 120 valence electrons. The summed E-state index contributed by atoms with van der Waals surface area (Å²) >= 11 is 0. The molecule has 0 saturated heterocycles. The second-order valence-electron chi connectivity index (χ2n) is 4.74. The van der Waals surface area contributed by atoms with Crippen molar-refractivity contribution in [2.24, 2.45) is 0 Å². The van der Waals surface area contributed by atoms with Crippen molar-refractivity contribution in [1.29, 1.82) is 0 Å². The first kappa shape index (κ1) is 18.0. The summed E-state index contributed by atoms with van der Waals surface area (Å²) in [5, 5.41) is 3.24. The summed E-state index contributed by atoms with van der Waals surface area (Å²) in [5.41, 5.74) is 0.968. The lowest BCUT2D eigenvalue weighted by molar-refractivity contribution is 0.192. The molecule has 1 aromatic heterocycles. The molecule has 7 heteroatoms. The van der Waals surface area contributed by atoms with Gasteiger partial charge < -0.3 is 10.1 Å². The summed E-state index contributed by atoms with van der Waals surface area (Å²) in [4.78, 5) is 4.02. The zero-order valence-corrected chi connectivity index (χ0v) is 13.6. The number of aromatic nitrogens is 1. The minimum absolute atomic E-state index is 0.0691. The highest BCUT2D eigenvalue weighted by molar-refractivity contribution is 7.89. The molecular formula is C14H25N3O3S. The molecule has 1 rings (SSSR count). The Labute approximate surface area is 127 Å². The molecule has 0 unspecified atom stereocenters. The number of hydrogen-bond acceptors (Lipinski definition) is 5. The SMILES string of the molecule is CCNCc1ccc(S(=O)(=O)NCCCCCOC)nc1. The zero-order chi connectivity index (χ0) is 15.6. The quantitative estimate of drug-likeness (QED) is 0.601. The van der Waals surface area contributed by atoms with Crippen molar-refractivity contribution >= 4 is 10.0 Å². The number of sulfonamides is 1. The number of ether oxygens (including phenoxy) is 1. The highest BCUT2D eigenvalue weighted by Gasteiger charge is 2.14. The Hall–Kier alpha value is -1.02. The van der Waals surface area contributed by atoms with Gasteiger partial charge >= 0.3 is 0 Å². The van der Waals surface area contributed by atoms with Gasteiger partial charge in [0.15, 0.2) is 5.03 Å². The molecule has 0 aliphatic rings. The fourth-order valence-corrected chi connectivity index (χ4v) is 2.77. The maximum absolute atomic E-state index is 12.0. The fraction of sp³-hybridized carbons (Fsp3) is 0.643. The lowest BCUT2D eigenvalue weighted by atomic mass is 10.2. The molecule has 2 N–H and O–H groups in total. The molecule has 0 aromatic carbocycles. The van der Waals surface area contributed by atoms with E-state index in [1.807, 2.05) is 6.92 Å². The Morgan fingerprint density at radius 1 is 1.24 bits per heavy atom. The van der Waals surface area contributed by atoms with Crippen LogP contribution in [0.1, 0.15) is 31.7 Å². The van der Waals surface area contributed by atoms with Crippen LogP contribution in [0.15, 0.2) is 23.4 Å². The number of nitrogens with zero attached hydrogens (tertiary/aromatic N) is 1. The summed E-state index contributed by atoms with van der Waals surface area (Å²) in [7, 11) is -1.84. The van der Waals surface area contributed by atoms with Gasteiger partial charge in [-0.25, -0.2) is 18.1 Å². The van der Waals surface area contributed by atoms with Gasteiger partial charge in [-0.15, -0.1) is 0 Å². The van der Waals surface area contributed by atoms with Crippen molar-refractivity contribution in [3.8, 4) is 0 Å². The number of nitrogens with one attached hydrogen (secondary N) is 2. The fourth-order valence-electron chi connectivity index (χ4n) is 1.77. The average Bonchev–Trinajstić information content (AvgIpc) is 2.49. The van der Waals surface area contributed by atoms with Crippen molar-refractivity contribution in [1.82, 2.24) is 15.0 Å². The van der Waals surface area contributed by atoms with E-state index >= 15 is 0 Å². The van der Waals surface area contributed by atoms with Gasteiger partial charge in [-0.05, 0) is 37.4 Å². The Morgan fingerprint density at radius 3 is 2.67 bits per heavy atom. The molecule has 0 radical (unpaired) electrons. The highest BCUT2D eigenvalue weighted by Crippen LogP contribution is 2.07. The first-order chi connectivity index (χ1) is 10.1. The third-order valence-corrected chi connectivity index (χ3v) is 4.35. The standard InChI is InChI=1S/C14H25N3O3S/c1-3-15-11-13-7-8-14(16-12-13)21(18,19)17-9-5-4-6-10-20-2/h7-8,12,15,17H,3-6,9-11H2,1-2H3. The lowest BCUT2D eigenvalue weighted by Gasteiger charge is -2.07. The lowest BCUT2D eigenvalue weighted by Crippen LogP contribution is -2.25. The second kappa shape index (κ2) is 9.83. The molecule has 0 spiro atoms. The van der Waals surface area contributed by atoms with Crippen LogP contribution in [-0.4, -0.2) is 40.2 Å². The third-order valence-electron chi connectivity index (χ3n) is 2.97. The minimum atomic E-state index is -3.50. The number of unbranched alkanes of at least 4 members (excludes halogenated alkanes) is 2. The van der Waals surface area contributed by atoms with Gasteiger partial charge in [0.2, 0.25) is 0 Å². The highest BCUT2D eigenvalue weighted by atomic mass is 32.2. The van der Waals surface area contributed by atoms with Gasteiger partial charge in [0.1, 0.15) is 0 Å². The monoisotopic (exact) mass is 315 g/mol. The topological polar surface area (TPSA) is 80.3 Å². The van der Waals surface area contributed by atoms with Crippen LogP contribution in [0.2, 0.25) is 0 Å². The van der Waals surface area contributed by atoms with Crippen molar-refractivity contribution in [2.45, 2.75) is 37.8 Å². The smallest absolute Gasteiger partial charge is 0.258 e. The van der Waals surface area contributed by atoms with Gasteiger partial charge in [0.25, 0.3) is 10.0 Å². The average molecular weight is 315 g/mol. The van der Waals surface area contributed by atoms with Crippen molar-refractivity contribution in [3.05, 3.63) is 23.9 Å². The van der Waals surface area contributed by atoms with Crippen molar-refractivity contribution in [2.75, 3.05) is 26.8 Å². The molecular weight excluding hydrogens is 290 g/mol. The molecule has 0 saturated carbocycles. The zero-order valence-electron chi connectivity index (χ0n) is 12.8. The van der Waals surface area contributed by atoms with Crippen LogP contribution in [0.3, 0.4) is 0 Å². The molecule has 1 aromatic rings. The summed E-state index contributed by atoms with van der Waals surface area (Å²) < 4.78 is 31.6. The Morgan fingerprint density at radius 2 is 2.05 bits per heavy atom. The molecule has 21 heavy (non-hydrogen) atoms. The van der Waals surface area contributed by atoms with Gasteiger partial charge in [-0.1, -0.05) is 13.0 Å². The van der Waals surface area contributed by atoms with Crippen LogP contribution in [0.4, 0.5) is 0 Å². The Balaban J connectivity index is 2.42. The largest absolute Gasteiger partial charge is 0.385 e. The van der Waals surface area contributed by atoms with Crippen molar-refractivity contribution in [3.63, 3.8) is 0 Å². The van der Waals surface area contributed by atoms with Crippen LogP contribution >= 0.6 is 0 Å². The van der Waals surface area contributed by atoms with E-state index in [4.69, 9.17) is 4.74 Å². The predicted molar refractivity (Wildman–Crippen MR) is 82.5 cm³/mol. The van der Waals surface area contributed by atoms with Crippen LogP contribution in [0, 0.1) is 0 Å². The molecule has 0 amide bonds. The predicted octanol–water partition coefficient (Wildman–Crippen LogP) is 1.29. The Bertz CT molecular complexity index is 489. The van der Waals surface area contributed by atoms with Gasteiger partial charge in [-0.3, -0.25) is 0 Å². The van der Waals surface area contributed by atoms with Crippen LogP contribution in [-0.2, 0) is 21.3 Å². The maximum Gasteiger partial charge on any atom is 0.258 e. The van der Waals surface area contributed by atoms with Crippen molar-refractivity contribution < 1.29 is 13.2 Å². The van der Waals surface area contributed by atoms with E-state index in [9.17, 15) is 8.42 Å². The molecule has 0 atom stereocenters. The first-order valence-corrected chi connectivity index (χ1v) is 8.72. The van der Waals surface area contributed by atoms with E-state index in [0.717, 1.165) is 31.4 Å². The summed E-state index contributed by atoms with van der Waals surface area (Å²) in [6.45, 7) is 4.71. The van der Waals surface area contributed by atoms with Gasteiger partial charge in [0.05, 0.1) is 0 Å². The minimum Gasteiger partial charge on any atom is -0.385 e. The number of pyridine rings is 1. The second-order valence-corrected chi connectivity index (χ2v) is 6.45. The molecule has 6 nitrogen and oxygen atoms in total. The molecule has 0 fully saturated rings. The number of hydrogen-bond donors (Lipinski definition) is 2. The molecule has 0 aliphatic heterocycles. The summed E-state index contributed by atoms with van der Waals surface area (Å²) in [6.07, 6.45) is 4.26. The third kappa shape index (κ3) is 6.99. The van der Waals surface area contributed by atoms with E-state index in [2.05, 4.69) is 15.0 Å². The summed E-state index contributed by atoms with van der Waals surface area (Å²) in [5.74, 6) is 0. The normalized spacial score (nSPS) is 11.7. The number of rotatable bonds is 11. The molecule has 1 heterocycles. The first-order valence-electron chi connectivity index (χ1n) is 7.24. The van der Waals surface area contributed by atoms with Gasteiger partial charge in [-0.2, -0.15) is 0 Å². The van der Waals surface area contributed by atoms with E-state index < -0.39 is 10.0 Å². The van der Waals surface area contributed by atoms with Crippen LogP contribution in [0.5, 0.6) is 0 Å². The maximum atomic E-state index is 12.0. The molecule has 0 aliphatic carbocycles. The van der Waals surface area contributed by atoms with E-state index in [0.29, 0.717) is 19.7 Å². The van der Waals surface area contributed by atoms with E-state index in [1.165, 1.54) is 0 Å². The molecule has 0 bridgehead atoms. The van der Waals surface area contributed by atoms with Crippen LogP contribution < -0.4 is 10.0 Å². The van der Waals surface area contributed by atoms with Gasteiger partial charge in [0, 0.05) is 33.0 Å². The van der Waals surface area contributed by atoms with E-state index in [-0.39, 0.29) is 5.03 Å².